The SMILES string of the molecule is Cn1c([C@H]2C[C@H]2c2ccccc2)n[nH]c1=S. The summed E-state index contributed by atoms with van der Waals surface area (Å²) in [5.74, 6) is 2.23. The van der Waals surface area contributed by atoms with Gasteiger partial charge in [0.1, 0.15) is 5.82 Å². The first-order valence-electron chi connectivity index (χ1n) is 5.43. The maximum atomic E-state index is 5.12. The van der Waals surface area contributed by atoms with Gasteiger partial charge in [-0.15, -0.1) is 0 Å². The van der Waals surface area contributed by atoms with Gasteiger partial charge in [-0.25, -0.2) is 0 Å². The van der Waals surface area contributed by atoms with Crippen LogP contribution in [0.5, 0.6) is 0 Å². The van der Waals surface area contributed by atoms with Crippen molar-refractivity contribution in [2.24, 2.45) is 7.05 Å². The van der Waals surface area contributed by atoms with Crippen molar-refractivity contribution >= 4 is 12.2 Å². The molecule has 0 spiro atoms. The van der Waals surface area contributed by atoms with Crippen LogP contribution in [-0.4, -0.2) is 14.8 Å². The molecule has 0 amide bonds. The Labute approximate surface area is 99.1 Å². The monoisotopic (exact) mass is 231 g/mol. The van der Waals surface area contributed by atoms with Crippen molar-refractivity contribution in [3.8, 4) is 0 Å². The van der Waals surface area contributed by atoms with Gasteiger partial charge in [-0.1, -0.05) is 30.3 Å². The van der Waals surface area contributed by atoms with E-state index in [1.807, 2.05) is 11.6 Å². The van der Waals surface area contributed by atoms with Crippen LogP contribution in [-0.2, 0) is 7.05 Å². The van der Waals surface area contributed by atoms with Gasteiger partial charge in [0.05, 0.1) is 0 Å². The summed E-state index contributed by atoms with van der Waals surface area (Å²) in [6.07, 6.45) is 1.18. The van der Waals surface area contributed by atoms with Crippen LogP contribution in [0.3, 0.4) is 0 Å². The van der Waals surface area contributed by atoms with Crippen LogP contribution in [0.25, 0.3) is 0 Å². The molecule has 3 rings (SSSR count). The molecule has 1 aliphatic rings. The zero-order chi connectivity index (χ0) is 11.1. The minimum Gasteiger partial charge on any atom is -0.307 e. The van der Waals surface area contributed by atoms with E-state index < -0.39 is 0 Å². The van der Waals surface area contributed by atoms with Crippen LogP contribution >= 0.6 is 12.2 Å². The third-order valence-electron chi connectivity index (χ3n) is 3.26. The average molecular weight is 231 g/mol. The highest BCUT2D eigenvalue weighted by atomic mass is 32.1. The van der Waals surface area contributed by atoms with Gasteiger partial charge >= 0.3 is 0 Å². The van der Waals surface area contributed by atoms with E-state index in [4.69, 9.17) is 12.2 Å². The molecule has 1 heterocycles. The first kappa shape index (κ1) is 9.78. The molecule has 1 aromatic carbocycles. The highest BCUT2D eigenvalue weighted by Crippen LogP contribution is 2.53. The van der Waals surface area contributed by atoms with E-state index in [0.29, 0.717) is 16.6 Å². The summed E-state index contributed by atoms with van der Waals surface area (Å²) in [5, 5.41) is 7.14. The molecule has 0 saturated heterocycles. The molecular weight excluding hydrogens is 218 g/mol. The number of aromatic nitrogens is 3. The molecule has 82 valence electrons. The molecule has 0 radical (unpaired) electrons. The van der Waals surface area contributed by atoms with E-state index in [1.165, 1.54) is 12.0 Å². The van der Waals surface area contributed by atoms with E-state index in [-0.39, 0.29) is 0 Å². The molecule has 1 fully saturated rings. The molecule has 3 nitrogen and oxygen atoms in total. The molecule has 0 unspecified atom stereocenters. The Morgan fingerprint density at radius 2 is 2.06 bits per heavy atom. The van der Waals surface area contributed by atoms with Gasteiger partial charge in [-0.2, -0.15) is 5.10 Å². The van der Waals surface area contributed by atoms with Crippen molar-refractivity contribution in [1.82, 2.24) is 14.8 Å². The summed E-state index contributed by atoms with van der Waals surface area (Å²) in [4.78, 5) is 0. The van der Waals surface area contributed by atoms with Crippen LogP contribution in [0.4, 0.5) is 0 Å². The number of rotatable bonds is 2. The Balaban J connectivity index is 1.87. The number of benzene rings is 1. The first-order chi connectivity index (χ1) is 7.77. The van der Waals surface area contributed by atoms with Gasteiger partial charge in [0.2, 0.25) is 0 Å². The summed E-state index contributed by atoms with van der Waals surface area (Å²) in [6, 6.07) is 10.6. The second-order valence-corrected chi connectivity index (χ2v) is 4.69. The van der Waals surface area contributed by atoms with Gasteiger partial charge < -0.3 is 4.57 Å². The lowest BCUT2D eigenvalue weighted by atomic mass is 10.1. The number of hydrogen-bond acceptors (Lipinski definition) is 2. The topological polar surface area (TPSA) is 33.6 Å². The van der Waals surface area contributed by atoms with E-state index >= 15 is 0 Å². The van der Waals surface area contributed by atoms with Gasteiger partial charge in [0.25, 0.3) is 0 Å². The van der Waals surface area contributed by atoms with Crippen molar-refractivity contribution in [2.45, 2.75) is 18.3 Å². The second kappa shape index (κ2) is 3.56. The van der Waals surface area contributed by atoms with Crippen LogP contribution in [0.15, 0.2) is 30.3 Å². The zero-order valence-corrected chi connectivity index (χ0v) is 9.87. The maximum absolute atomic E-state index is 5.12. The summed E-state index contributed by atoms with van der Waals surface area (Å²) in [5.41, 5.74) is 1.40. The minimum absolute atomic E-state index is 0.528. The molecule has 4 heteroatoms. The van der Waals surface area contributed by atoms with Gasteiger partial charge in [-0.3, -0.25) is 5.10 Å². The van der Waals surface area contributed by atoms with Crippen LogP contribution in [0.2, 0.25) is 0 Å². The third-order valence-corrected chi connectivity index (χ3v) is 3.63. The quantitative estimate of drug-likeness (QED) is 0.806. The molecule has 0 bridgehead atoms. The van der Waals surface area contributed by atoms with E-state index in [0.717, 1.165) is 5.82 Å². The molecular formula is C12H13N3S. The molecule has 0 aliphatic heterocycles. The predicted octanol–water partition coefficient (Wildman–Crippen LogP) is 2.75. The Hall–Kier alpha value is -1.42. The van der Waals surface area contributed by atoms with E-state index in [1.54, 1.807) is 0 Å². The Morgan fingerprint density at radius 3 is 2.69 bits per heavy atom. The number of nitrogens with zero attached hydrogens (tertiary/aromatic N) is 2. The summed E-state index contributed by atoms with van der Waals surface area (Å²) >= 11 is 5.12. The molecule has 1 N–H and O–H groups in total. The highest BCUT2D eigenvalue weighted by Gasteiger charge is 2.42. The fraction of sp³-hybridized carbons (Fsp3) is 0.333. The van der Waals surface area contributed by atoms with Crippen molar-refractivity contribution < 1.29 is 0 Å². The summed E-state index contributed by atoms with van der Waals surface area (Å²) in [7, 11) is 1.97. The molecule has 1 aromatic heterocycles. The van der Waals surface area contributed by atoms with Gasteiger partial charge in [-0.05, 0) is 30.1 Å². The number of hydrogen-bond donors (Lipinski definition) is 1. The molecule has 1 saturated carbocycles. The lowest BCUT2D eigenvalue weighted by Crippen LogP contribution is -1.96. The summed E-state index contributed by atoms with van der Waals surface area (Å²) < 4.78 is 2.68. The maximum Gasteiger partial charge on any atom is 0.194 e. The fourth-order valence-electron chi connectivity index (χ4n) is 2.24. The predicted molar refractivity (Wildman–Crippen MR) is 64.9 cm³/mol. The molecule has 16 heavy (non-hydrogen) atoms. The largest absolute Gasteiger partial charge is 0.307 e. The lowest BCUT2D eigenvalue weighted by Gasteiger charge is -2.00. The van der Waals surface area contributed by atoms with Gasteiger partial charge in [0, 0.05) is 13.0 Å². The second-order valence-electron chi connectivity index (χ2n) is 4.31. The zero-order valence-electron chi connectivity index (χ0n) is 9.05. The molecule has 2 aromatic rings. The average Bonchev–Trinajstić information content (AvgIpc) is 3.04. The molecule has 1 aliphatic carbocycles. The Bertz CT molecular complexity index is 555. The first-order valence-corrected chi connectivity index (χ1v) is 5.84. The number of nitrogens with one attached hydrogen (secondary N) is 1. The fourth-order valence-corrected chi connectivity index (χ4v) is 2.38. The normalized spacial score (nSPS) is 23.3. The lowest BCUT2D eigenvalue weighted by molar-refractivity contribution is 0.779. The number of H-pyrrole nitrogens is 1. The summed E-state index contributed by atoms with van der Waals surface area (Å²) in [6.45, 7) is 0. The van der Waals surface area contributed by atoms with Crippen LogP contribution < -0.4 is 0 Å². The van der Waals surface area contributed by atoms with E-state index in [9.17, 15) is 0 Å². The van der Waals surface area contributed by atoms with Crippen molar-refractivity contribution in [1.29, 1.82) is 0 Å². The smallest absolute Gasteiger partial charge is 0.194 e. The van der Waals surface area contributed by atoms with Crippen LogP contribution in [0.1, 0.15) is 29.6 Å². The van der Waals surface area contributed by atoms with Gasteiger partial charge in [0.15, 0.2) is 4.77 Å². The minimum atomic E-state index is 0.528. The van der Waals surface area contributed by atoms with Crippen molar-refractivity contribution in [3.63, 3.8) is 0 Å². The Kier molecular flexibility index (Phi) is 2.17. The number of aromatic amines is 1. The van der Waals surface area contributed by atoms with Crippen molar-refractivity contribution in [3.05, 3.63) is 46.5 Å². The Morgan fingerprint density at radius 1 is 1.31 bits per heavy atom. The highest BCUT2D eigenvalue weighted by molar-refractivity contribution is 7.71. The standard InChI is InChI=1S/C12H13N3S/c1-15-11(13-14-12(15)16)10-7-9(10)8-5-3-2-4-6-8/h2-6,9-10H,7H2,1H3,(H,14,16)/t9-,10-/m0/s1. The van der Waals surface area contributed by atoms with E-state index in [2.05, 4.69) is 40.5 Å². The van der Waals surface area contributed by atoms with Crippen molar-refractivity contribution in [2.75, 3.05) is 0 Å². The third kappa shape index (κ3) is 1.50. The van der Waals surface area contributed by atoms with Crippen LogP contribution in [0, 0.1) is 4.77 Å². The molecule has 2 atom stereocenters.